The van der Waals surface area contributed by atoms with Crippen molar-refractivity contribution in [1.29, 1.82) is 0 Å². The van der Waals surface area contributed by atoms with Crippen molar-refractivity contribution >= 4 is 12.0 Å². The van der Waals surface area contributed by atoms with Crippen LogP contribution in [-0.2, 0) is 4.79 Å². The first-order valence-electron chi connectivity index (χ1n) is 7.04. The molecule has 0 aromatic heterocycles. The summed E-state index contributed by atoms with van der Waals surface area (Å²) >= 11 is 0. The van der Waals surface area contributed by atoms with E-state index in [1.165, 1.54) is 0 Å². The van der Waals surface area contributed by atoms with E-state index >= 15 is 0 Å². The summed E-state index contributed by atoms with van der Waals surface area (Å²) in [4.78, 5) is 24.2. The Balaban J connectivity index is 3.82. The number of carboxylic acid groups (broad SMARTS) is 1. The first-order valence-corrected chi connectivity index (χ1v) is 7.04. The van der Waals surface area contributed by atoms with Gasteiger partial charge in [-0.25, -0.2) is 4.79 Å². The Morgan fingerprint density at radius 2 is 1.80 bits per heavy atom. The lowest BCUT2D eigenvalue weighted by atomic mass is 9.84. The molecule has 0 heterocycles. The smallest absolute Gasteiger partial charge is 0.314 e. The molecule has 0 aliphatic heterocycles. The zero-order chi connectivity index (χ0) is 15.8. The van der Waals surface area contributed by atoms with Gasteiger partial charge in [-0.2, -0.15) is 0 Å². The fourth-order valence-electron chi connectivity index (χ4n) is 1.57. The fraction of sp³-hybridized carbons (Fsp3) is 0.857. The molecule has 0 aliphatic carbocycles. The van der Waals surface area contributed by atoms with Gasteiger partial charge in [0, 0.05) is 25.6 Å². The molecule has 0 aliphatic rings. The van der Waals surface area contributed by atoms with Gasteiger partial charge >= 0.3 is 12.0 Å². The SMILES string of the molecule is CC(CNC(=O)NCCC(C)(C)CCC(=O)O)N(C)C. The predicted molar refractivity (Wildman–Crippen MR) is 79.8 cm³/mol. The normalized spacial score (nSPS) is 13.1. The number of hydrogen-bond donors (Lipinski definition) is 3. The standard InChI is InChI=1S/C14H29N3O3/c1-11(17(4)5)10-16-13(20)15-9-8-14(2,3)7-6-12(18)19/h11H,6-10H2,1-5H3,(H,18,19)(H2,15,16,20). The molecule has 2 amide bonds. The van der Waals surface area contributed by atoms with E-state index in [0.29, 0.717) is 19.5 Å². The highest BCUT2D eigenvalue weighted by Crippen LogP contribution is 2.25. The lowest BCUT2D eigenvalue weighted by Crippen LogP contribution is -2.43. The Bertz CT molecular complexity index is 317. The van der Waals surface area contributed by atoms with Gasteiger partial charge in [0.1, 0.15) is 0 Å². The number of amides is 2. The van der Waals surface area contributed by atoms with Crippen LogP contribution in [0, 0.1) is 5.41 Å². The largest absolute Gasteiger partial charge is 0.481 e. The van der Waals surface area contributed by atoms with E-state index in [1.54, 1.807) is 0 Å². The van der Waals surface area contributed by atoms with Crippen molar-refractivity contribution in [3.05, 3.63) is 0 Å². The molecule has 1 atom stereocenters. The lowest BCUT2D eigenvalue weighted by Gasteiger charge is -2.24. The number of aliphatic carboxylic acids is 1. The van der Waals surface area contributed by atoms with Gasteiger partial charge in [-0.15, -0.1) is 0 Å². The summed E-state index contributed by atoms with van der Waals surface area (Å²) < 4.78 is 0. The molecule has 1 unspecified atom stereocenters. The summed E-state index contributed by atoms with van der Waals surface area (Å²) in [6.45, 7) is 7.22. The van der Waals surface area contributed by atoms with Crippen molar-refractivity contribution in [2.24, 2.45) is 5.41 Å². The van der Waals surface area contributed by atoms with Crippen LogP contribution < -0.4 is 10.6 Å². The first-order chi connectivity index (χ1) is 9.14. The second-order valence-corrected chi connectivity index (χ2v) is 6.26. The zero-order valence-electron chi connectivity index (χ0n) is 13.3. The van der Waals surface area contributed by atoms with Crippen LogP contribution >= 0.6 is 0 Å². The number of nitrogens with one attached hydrogen (secondary N) is 2. The molecule has 6 heteroatoms. The third kappa shape index (κ3) is 9.61. The molecule has 0 fully saturated rings. The molecule has 0 rings (SSSR count). The zero-order valence-corrected chi connectivity index (χ0v) is 13.3. The second-order valence-electron chi connectivity index (χ2n) is 6.26. The van der Waals surface area contributed by atoms with Crippen LogP contribution in [0.3, 0.4) is 0 Å². The number of rotatable bonds is 9. The molecule has 0 radical (unpaired) electrons. The molecule has 118 valence electrons. The van der Waals surface area contributed by atoms with E-state index in [4.69, 9.17) is 5.11 Å². The maximum Gasteiger partial charge on any atom is 0.314 e. The molecule has 20 heavy (non-hydrogen) atoms. The maximum absolute atomic E-state index is 11.6. The Labute approximate surface area is 121 Å². The quantitative estimate of drug-likeness (QED) is 0.600. The molecular formula is C14H29N3O3. The molecule has 0 saturated carbocycles. The molecule has 0 saturated heterocycles. The van der Waals surface area contributed by atoms with E-state index in [0.717, 1.165) is 6.42 Å². The van der Waals surface area contributed by atoms with Crippen LogP contribution in [-0.4, -0.2) is 55.2 Å². The molecule has 3 N–H and O–H groups in total. The van der Waals surface area contributed by atoms with Gasteiger partial charge in [-0.3, -0.25) is 4.79 Å². The highest BCUT2D eigenvalue weighted by Gasteiger charge is 2.19. The Morgan fingerprint density at radius 1 is 1.20 bits per heavy atom. The van der Waals surface area contributed by atoms with Gasteiger partial charge in [-0.1, -0.05) is 13.8 Å². The monoisotopic (exact) mass is 287 g/mol. The number of hydrogen-bond acceptors (Lipinski definition) is 3. The van der Waals surface area contributed by atoms with Gasteiger partial charge in [0.2, 0.25) is 0 Å². The van der Waals surface area contributed by atoms with E-state index in [1.807, 2.05) is 39.8 Å². The molecular weight excluding hydrogens is 258 g/mol. The van der Waals surface area contributed by atoms with Crippen molar-refractivity contribution in [1.82, 2.24) is 15.5 Å². The van der Waals surface area contributed by atoms with E-state index < -0.39 is 5.97 Å². The summed E-state index contributed by atoms with van der Waals surface area (Å²) in [5, 5.41) is 14.3. The molecule has 6 nitrogen and oxygen atoms in total. The second kappa shape index (κ2) is 8.79. The number of nitrogens with zero attached hydrogens (tertiary/aromatic N) is 1. The Morgan fingerprint density at radius 3 is 2.30 bits per heavy atom. The summed E-state index contributed by atoms with van der Waals surface area (Å²) in [6, 6.07) is 0.112. The minimum absolute atomic E-state index is 0.0808. The summed E-state index contributed by atoms with van der Waals surface area (Å²) in [7, 11) is 3.93. The maximum atomic E-state index is 11.6. The number of likely N-dealkylation sites (N-methyl/N-ethyl adjacent to an activating group) is 1. The predicted octanol–water partition coefficient (Wildman–Crippen LogP) is 1.52. The topological polar surface area (TPSA) is 81.7 Å². The van der Waals surface area contributed by atoms with E-state index in [-0.39, 0.29) is 23.9 Å². The Kier molecular flexibility index (Phi) is 8.22. The minimum Gasteiger partial charge on any atom is -0.481 e. The molecule has 0 spiro atoms. The minimum atomic E-state index is -0.776. The van der Waals surface area contributed by atoms with Crippen molar-refractivity contribution in [3.8, 4) is 0 Å². The van der Waals surface area contributed by atoms with Crippen LogP contribution in [0.25, 0.3) is 0 Å². The van der Waals surface area contributed by atoms with Crippen LogP contribution in [0.1, 0.15) is 40.0 Å². The first kappa shape index (κ1) is 18.7. The average molecular weight is 287 g/mol. The fourth-order valence-corrected chi connectivity index (χ4v) is 1.57. The Hall–Kier alpha value is -1.30. The van der Waals surface area contributed by atoms with E-state index in [9.17, 15) is 9.59 Å². The third-order valence-corrected chi connectivity index (χ3v) is 3.54. The van der Waals surface area contributed by atoms with Crippen molar-refractivity contribution in [2.75, 3.05) is 27.2 Å². The van der Waals surface area contributed by atoms with Gasteiger partial charge in [0.25, 0.3) is 0 Å². The molecule has 0 aromatic rings. The third-order valence-electron chi connectivity index (χ3n) is 3.54. The van der Waals surface area contributed by atoms with Crippen LogP contribution in [0.5, 0.6) is 0 Å². The van der Waals surface area contributed by atoms with Gasteiger partial charge in [-0.05, 0) is 39.3 Å². The van der Waals surface area contributed by atoms with Crippen LogP contribution in [0.2, 0.25) is 0 Å². The molecule has 0 aromatic carbocycles. The number of carboxylic acids is 1. The number of carbonyl (C=O) groups excluding carboxylic acids is 1. The van der Waals surface area contributed by atoms with Crippen LogP contribution in [0.15, 0.2) is 0 Å². The summed E-state index contributed by atoms with van der Waals surface area (Å²) in [5.74, 6) is -0.776. The van der Waals surface area contributed by atoms with Crippen molar-refractivity contribution in [2.45, 2.75) is 46.1 Å². The summed E-state index contributed by atoms with van der Waals surface area (Å²) in [6.07, 6.45) is 1.54. The van der Waals surface area contributed by atoms with Crippen LogP contribution in [0.4, 0.5) is 4.79 Å². The molecule has 0 bridgehead atoms. The highest BCUT2D eigenvalue weighted by molar-refractivity contribution is 5.73. The average Bonchev–Trinajstić information content (AvgIpc) is 2.33. The summed E-state index contributed by atoms with van der Waals surface area (Å²) in [5.41, 5.74) is -0.0808. The van der Waals surface area contributed by atoms with Gasteiger partial charge in [0.05, 0.1) is 0 Å². The van der Waals surface area contributed by atoms with E-state index in [2.05, 4.69) is 10.6 Å². The van der Waals surface area contributed by atoms with Crippen molar-refractivity contribution in [3.63, 3.8) is 0 Å². The van der Waals surface area contributed by atoms with Gasteiger partial charge < -0.3 is 20.6 Å². The highest BCUT2D eigenvalue weighted by atomic mass is 16.4. The van der Waals surface area contributed by atoms with Crippen molar-refractivity contribution < 1.29 is 14.7 Å². The number of urea groups is 1. The number of carbonyl (C=O) groups is 2. The lowest BCUT2D eigenvalue weighted by molar-refractivity contribution is -0.137. The van der Waals surface area contributed by atoms with Gasteiger partial charge in [0.15, 0.2) is 0 Å².